The Kier molecular flexibility index (Phi) is 5.59. The number of fused-ring (bicyclic) bond motifs is 1. The summed E-state index contributed by atoms with van der Waals surface area (Å²) in [6.45, 7) is 5.49. The lowest BCUT2D eigenvalue weighted by Gasteiger charge is -2.16. The Hall–Kier alpha value is -3.41. The number of amides is 1. The van der Waals surface area contributed by atoms with Crippen LogP contribution in [0.4, 0.5) is 0 Å². The third-order valence-electron chi connectivity index (χ3n) is 4.71. The summed E-state index contributed by atoms with van der Waals surface area (Å²) in [6, 6.07) is 13.9. The first kappa shape index (κ1) is 19.4. The minimum Gasteiger partial charge on any atom is -0.452 e. The SMILES string of the molecule is Cc1ccc([C@@H](C)NC(=O)COC(=O)c2cc(=O)[nH]c3ccccc23)cc1C. The maximum absolute atomic E-state index is 12.4. The van der Waals surface area contributed by atoms with E-state index in [9.17, 15) is 14.4 Å². The molecule has 1 aromatic heterocycles. The van der Waals surface area contributed by atoms with Crippen LogP contribution in [0.3, 0.4) is 0 Å². The smallest absolute Gasteiger partial charge is 0.339 e. The summed E-state index contributed by atoms with van der Waals surface area (Å²) < 4.78 is 5.13. The molecule has 2 aromatic carbocycles. The molecule has 0 unspecified atom stereocenters. The summed E-state index contributed by atoms with van der Waals surface area (Å²) in [5.74, 6) is -1.12. The molecule has 144 valence electrons. The van der Waals surface area contributed by atoms with E-state index in [2.05, 4.69) is 10.3 Å². The predicted molar refractivity (Wildman–Crippen MR) is 107 cm³/mol. The van der Waals surface area contributed by atoms with Gasteiger partial charge in [0.1, 0.15) is 0 Å². The number of aryl methyl sites for hydroxylation is 2. The first-order valence-corrected chi connectivity index (χ1v) is 9.01. The van der Waals surface area contributed by atoms with E-state index in [1.54, 1.807) is 24.3 Å². The maximum Gasteiger partial charge on any atom is 0.339 e. The molecule has 0 bridgehead atoms. The molecule has 0 saturated heterocycles. The van der Waals surface area contributed by atoms with Gasteiger partial charge in [-0.15, -0.1) is 0 Å². The molecule has 1 atom stereocenters. The third-order valence-corrected chi connectivity index (χ3v) is 4.71. The molecule has 6 nitrogen and oxygen atoms in total. The quantitative estimate of drug-likeness (QED) is 0.668. The van der Waals surface area contributed by atoms with Crippen molar-refractivity contribution >= 4 is 22.8 Å². The molecular formula is C22H22N2O4. The maximum atomic E-state index is 12.4. The van der Waals surface area contributed by atoms with Gasteiger partial charge >= 0.3 is 5.97 Å². The van der Waals surface area contributed by atoms with Gasteiger partial charge < -0.3 is 15.0 Å². The fourth-order valence-electron chi connectivity index (χ4n) is 2.98. The molecule has 0 aliphatic heterocycles. The molecule has 2 N–H and O–H groups in total. The molecule has 0 aliphatic rings. The fourth-order valence-corrected chi connectivity index (χ4v) is 2.98. The largest absolute Gasteiger partial charge is 0.452 e. The van der Waals surface area contributed by atoms with Gasteiger partial charge in [0.25, 0.3) is 5.91 Å². The van der Waals surface area contributed by atoms with E-state index in [0.717, 1.165) is 11.1 Å². The summed E-state index contributed by atoms with van der Waals surface area (Å²) in [6.07, 6.45) is 0. The van der Waals surface area contributed by atoms with E-state index in [1.807, 2.05) is 39.0 Å². The van der Waals surface area contributed by atoms with Gasteiger partial charge in [0.2, 0.25) is 5.56 Å². The van der Waals surface area contributed by atoms with Crippen LogP contribution < -0.4 is 10.9 Å². The second kappa shape index (κ2) is 8.08. The number of para-hydroxylation sites is 1. The summed E-state index contributed by atoms with van der Waals surface area (Å²) in [5, 5.41) is 3.38. The van der Waals surface area contributed by atoms with Gasteiger partial charge in [-0.3, -0.25) is 9.59 Å². The Bertz CT molecular complexity index is 1100. The number of nitrogens with one attached hydrogen (secondary N) is 2. The lowest BCUT2D eigenvalue weighted by molar-refractivity contribution is -0.124. The molecule has 3 rings (SSSR count). The van der Waals surface area contributed by atoms with E-state index in [0.29, 0.717) is 10.9 Å². The molecule has 6 heteroatoms. The van der Waals surface area contributed by atoms with Gasteiger partial charge in [-0.2, -0.15) is 0 Å². The van der Waals surface area contributed by atoms with Gasteiger partial charge in [-0.1, -0.05) is 36.4 Å². The second-order valence-electron chi connectivity index (χ2n) is 6.80. The molecule has 0 radical (unpaired) electrons. The van der Waals surface area contributed by atoms with Gasteiger partial charge in [-0.25, -0.2) is 4.79 Å². The number of aromatic nitrogens is 1. The van der Waals surface area contributed by atoms with Crippen LogP contribution in [0, 0.1) is 13.8 Å². The molecule has 0 saturated carbocycles. The Labute approximate surface area is 162 Å². The molecule has 0 aliphatic carbocycles. The van der Waals surface area contributed by atoms with Crippen LogP contribution >= 0.6 is 0 Å². The highest BCUT2D eigenvalue weighted by Gasteiger charge is 2.16. The van der Waals surface area contributed by atoms with Crippen LogP contribution in [-0.2, 0) is 9.53 Å². The van der Waals surface area contributed by atoms with E-state index in [-0.39, 0.29) is 11.6 Å². The summed E-state index contributed by atoms with van der Waals surface area (Å²) in [7, 11) is 0. The Morgan fingerprint density at radius 1 is 1.07 bits per heavy atom. The van der Waals surface area contributed by atoms with Gasteiger partial charge in [0, 0.05) is 17.0 Å². The molecular weight excluding hydrogens is 356 g/mol. The van der Waals surface area contributed by atoms with Crippen LogP contribution in [-0.4, -0.2) is 23.5 Å². The highest BCUT2D eigenvalue weighted by atomic mass is 16.5. The monoisotopic (exact) mass is 378 g/mol. The summed E-state index contributed by atoms with van der Waals surface area (Å²) >= 11 is 0. The minimum absolute atomic E-state index is 0.134. The van der Waals surface area contributed by atoms with E-state index in [4.69, 9.17) is 4.74 Å². The van der Waals surface area contributed by atoms with E-state index < -0.39 is 24.0 Å². The Balaban J connectivity index is 1.65. The molecule has 0 spiro atoms. The normalized spacial score (nSPS) is 11.8. The summed E-state index contributed by atoms with van der Waals surface area (Å²) in [4.78, 5) is 39.0. The number of rotatable bonds is 5. The number of pyridine rings is 1. The van der Waals surface area contributed by atoms with Crippen molar-refractivity contribution in [2.45, 2.75) is 26.8 Å². The number of esters is 1. The lowest BCUT2D eigenvalue weighted by Crippen LogP contribution is -2.31. The molecule has 1 amide bonds. The van der Waals surface area contributed by atoms with Crippen molar-refractivity contribution in [1.29, 1.82) is 0 Å². The molecule has 0 fully saturated rings. The number of carbonyl (C=O) groups is 2. The highest BCUT2D eigenvalue weighted by molar-refractivity contribution is 6.03. The first-order valence-electron chi connectivity index (χ1n) is 9.01. The standard InChI is InChI=1S/C22H22N2O4/c1-13-8-9-16(10-14(13)2)15(3)23-21(26)12-28-22(27)18-11-20(25)24-19-7-5-4-6-17(18)19/h4-11,15H,12H2,1-3H3,(H,23,26)(H,24,25)/t15-/m1/s1. The van der Waals surface area contributed by atoms with E-state index >= 15 is 0 Å². The first-order chi connectivity index (χ1) is 13.3. The van der Waals surface area contributed by atoms with Crippen molar-refractivity contribution in [3.05, 3.63) is 81.1 Å². The van der Waals surface area contributed by atoms with Crippen LogP contribution in [0.15, 0.2) is 53.3 Å². The molecule has 1 heterocycles. The summed E-state index contributed by atoms with van der Waals surface area (Å²) in [5.41, 5.74) is 3.57. The van der Waals surface area contributed by atoms with Crippen LogP contribution in [0.2, 0.25) is 0 Å². The number of H-pyrrole nitrogens is 1. The van der Waals surface area contributed by atoms with Crippen molar-refractivity contribution in [3.8, 4) is 0 Å². The number of ether oxygens (including phenoxy) is 1. The second-order valence-corrected chi connectivity index (χ2v) is 6.80. The minimum atomic E-state index is -0.712. The Morgan fingerprint density at radius 3 is 2.57 bits per heavy atom. The zero-order valence-corrected chi connectivity index (χ0v) is 16.0. The molecule has 28 heavy (non-hydrogen) atoms. The van der Waals surface area contributed by atoms with Crippen LogP contribution in [0.1, 0.15) is 40.0 Å². The number of carbonyl (C=O) groups excluding carboxylic acids is 2. The van der Waals surface area contributed by atoms with Gasteiger partial charge in [0.15, 0.2) is 6.61 Å². The zero-order valence-electron chi connectivity index (χ0n) is 16.0. The van der Waals surface area contributed by atoms with Crippen LogP contribution in [0.5, 0.6) is 0 Å². The number of benzene rings is 2. The number of hydrogen-bond donors (Lipinski definition) is 2. The van der Waals surface area contributed by atoms with Crippen molar-refractivity contribution in [3.63, 3.8) is 0 Å². The van der Waals surface area contributed by atoms with Crippen molar-refractivity contribution < 1.29 is 14.3 Å². The average molecular weight is 378 g/mol. The van der Waals surface area contributed by atoms with Gasteiger partial charge in [-0.05, 0) is 43.5 Å². The highest BCUT2D eigenvalue weighted by Crippen LogP contribution is 2.17. The third kappa shape index (κ3) is 4.28. The van der Waals surface area contributed by atoms with Crippen molar-refractivity contribution in [2.75, 3.05) is 6.61 Å². The number of hydrogen-bond acceptors (Lipinski definition) is 4. The molecule has 3 aromatic rings. The lowest BCUT2D eigenvalue weighted by atomic mass is 10.0. The topological polar surface area (TPSA) is 88.3 Å². The van der Waals surface area contributed by atoms with Crippen molar-refractivity contribution in [1.82, 2.24) is 10.3 Å². The number of aromatic amines is 1. The average Bonchev–Trinajstić information content (AvgIpc) is 2.67. The van der Waals surface area contributed by atoms with E-state index in [1.165, 1.54) is 11.6 Å². The fraction of sp³-hybridized carbons (Fsp3) is 0.227. The van der Waals surface area contributed by atoms with Crippen molar-refractivity contribution in [2.24, 2.45) is 0 Å². The van der Waals surface area contributed by atoms with Gasteiger partial charge in [0.05, 0.1) is 11.6 Å². The predicted octanol–water partition coefficient (Wildman–Crippen LogP) is 3.18. The van der Waals surface area contributed by atoms with Crippen LogP contribution in [0.25, 0.3) is 10.9 Å². The Morgan fingerprint density at radius 2 is 1.82 bits per heavy atom. The zero-order chi connectivity index (χ0) is 20.3.